The fourth-order valence-corrected chi connectivity index (χ4v) is 1.54. The molecule has 1 atom stereocenters. The van der Waals surface area contributed by atoms with Crippen molar-refractivity contribution < 1.29 is 5.11 Å². The van der Waals surface area contributed by atoms with Crippen molar-refractivity contribution in [1.29, 1.82) is 0 Å². The topological polar surface area (TPSA) is 32.3 Å². The minimum absolute atomic E-state index is 0.322. The summed E-state index contributed by atoms with van der Waals surface area (Å²) in [7, 11) is 0. The molecule has 0 saturated heterocycles. The van der Waals surface area contributed by atoms with Crippen LogP contribution in [0, 0.1) is 0 Å². The predicted molar refractivity (Wildman–Crippen MR) is 64.3 cm³/mol. The number of rotatable bonds is 6. The van der Waals surface area contributed by atoms with Gasteiger partial charge in [-0.25, -0.2) is 0 Å². The fraction of sp³-hybridized carbons (Fsp3) is 0.500. The molecule has 15 heavy (non-hydrogen) atoms. The Labute approximate surface area is 96.3 Å². The molecule has 2 nitrogen and oxygen atoms in total. The van der Waals surface area contributed by atoms with E-state index in [9.17, 15) is 5.11 Å². The van der Waals surface area contributed by atoms with Crippen LogP contribution < -0.4 is 5.32 Å². The van der Waals surface area contributed by atoms with Gasteiger partial charge in [-0.3, -0.25) is 0 Å². The molecule has 0 aliphatic heterocycles. The standard InChI is InChI=1S/C12H18ClNO/c1-2-7-14-9-12(15)8-10-3-5-11(13)6-4-10/h3-6,12,14-15H,2,7-9H2,1H3. The Balaban J connectivity index is 2.31. The van der Waals surface area contributed by atoms with Gasteiger partial charge in [0.2, 0.25) is 0 Å². The maximum Gasteiger partial charge on any atom is 0.0704 e. The van der Waals surface area contributed by atoms with Gasteiger partial charge in [0.15, 0.2) is 0 Å². The number of nitrogens with one attached hydrogen (secondary N) is 1. The lowest BCUT2D eigenvalue weighted by atomic mass is 10.1. The number of benzene rings is 1. The van der Waals surface area contributed by atoms with Crippen LogP contribution >= 0.6 is 11.6 Å². The molecule has 0 fully saturated rings. The second kappa shape index (κ2) is 6.83. The second-order valence-electron chi connectivity index (χ2n) is 3.69. The number of hydrogen-bond acceptors (Lipinski definition) is 2. The van der Waals surface area contributed by atoms with Gasteiger partial charge in [-0.05, 0) is 37.1 Å². The molecule has 2 N–H and O–H groups in total. The summed E-state index contributed by atoms with van der Waals surface area (Å²) in [5.74, 6) is 0. The average molecular weight is 228 g/mol. The molecule has 84 valence electrons. The largest absolute Gasteiger partial charge is 0.391 e. The minimum atomic E-state index is -0.322. The smallest absolute Gasteiger partial charge is 0.0704 e. The molecule has 0 aliphatic carbocycles. The first kappa shape index (κ1) is 12.5. The Hall–Kier alpha value is -0.570. The summed E-state index contributed by atoms with van der Waals surface area (Å²) in [5.41, 5.74) is 1.12. The van der Waals surface area contributed by atoms with Crippen LogP contribution in [0.3, 0.4) is 0 Å². The van der Waals surface area contributed by atoms with Gasteiger partial charge in [-0.2, -0.15) is 0 Å². The Morgan fingerprint density at radius 3 is 2.60 bits per heavy atom. The molecular weight excluding hydrogens is 210 g/mol. The van der Waals surface area contributed by atoms with E-state index in [2.05, 4.69) is 12.2 Å². The monoisotopic (exact) mass is 227 g/mol. The van der Waals surface area contributed by atoms with E-state index in [0.29, 0.717) is 13.0 Å². The van der Waals surface area contributed by atoms with Gasteiger partial charge in [-0.15, -0.1) is 0 Å². The zero-order valence-electron chi connectivity index (χ0n) is 9.04. The van der Waals surface area contributed by atoms with E-state index in [1.165, 1.54) is 0 Å². The van der Waals surface area contributed by atoms with Crippen molar-refractivity contribution in [2.75, 3.05) is 13.1 Å². The molecule has 1 aromatic rings. The number of halogens is 1. The number of aliphatic hydroxyl groups excluding tert-OH is 1. The van der Waals surface area contributed by atoms with Gasteiger partial charge in [0, 0.05) is 11.6 Å². The molecule has 0 aromatic heterocycles. The lowest BCUT2D eigenvalue weighted by Crippen LogP contribution is -2.28. The fourth-order valence-electron chi connectivity index (χ4n) is 1.41. The Bertz CT molecular complexity index is 273. The second-order valence-corrected chi connectivity index (χ2v) is 4.12. The molecule has 1 unspecified atom stereocenters. The maximum absolute atomic E-state index is 9.70. The van der Waals surface area contributed by atoms with Gasteiger partial charge in [0.25, 0.3) is 0 Å². The Morgan fingerprint density at radius 2 is 2.00 bits per heavy atom. The van der Waals surface area contributed by atoms with Crippen LogP contribution in [0.5, 0.6) is 0 Å². The van der Waals surface area contributed by atoms with Crippen LogP contribution in [0.1, 0.15) is 18.9 Å². The van der Waals surface area contributed by atoms with Crippen molar-refractivity contribution in [2.24, 2.45) is 0 Å². The Morgan fingerprint density at radius 1 is 1.33 bits per heavy atom. The summed E-state index contributed by atoms with van der Waals surface area (Å²) in [6.45, 7) is 3.72. The number of aliphatic hydroxyl groups is 1. The minimum Gasteiger partial charge on any atom is -0.391 e. The van der Waals surface area contributed by atoms with Crippen LogP contribution in [0.15, 0.2) is 24.3 Å². The summed E-state index contributed by atoms with van der Waals surface area (Å²) < 4.78 is 0. The van der Waals surface area contributed by atoms with Crippen LogP contribution in [0.25, 0.3) is 0 Å². The summed E-state index contributed by atoms with van der Waals surface area (Å²) in [4.78, 5) is 0. The molecule has 0 amide bonds. The van der Waals surface area contributed by atoms with E-state index in [0.717, 1.165) is 23.6 Å². The highest BCUT2D eigenvalue weighted by Gasteiger charge is 2.04. The highest BCUT2D eigenvalue weighted by atomic mass is 35.5. The summed E-state index contributed by atoms with van der Waals surface area (Å²) in [6.07, 6.45) is 1.44. The molecule has 0 bridgehead atoms. The van der Waals surface area contributed by atoms with Crippen molar-refractivity contribution in [3.63, 3.8) is 0 Å². The summed E-state index contributed by atoms with van der Waals surface area (Å²) in [6, 6.07) is 7.60. The average Bonchev–Trinajstić information content (AvgIpc) is 2.22. The summed E-state index contributed by atoms with van der Waals surface area (Å²) in [5, 5.41) is 13.6. The zero-order valence-corrected chi connectivity index (χ0v) is 9.80. The van der Waals surface area contributed by atoms with E-state index >= 15 is 0 Å². The lowest BCUT2D eigenvalue weighted by molar-refractivity contribution is 0.172. The van der Waals surface area contributed by atoms with Gasteiger partial charge in [-0.1, -0.05) is 30.7 Å². The molecule has 0 heterocycles. The molecule has 1 aromatic carbocycles. The van der Waals surface area contributed by atoms with Crippen LogP contribution in [-0.4, -0.2) is 24.3 Å². The number of hydrogen-bond donors (Lipinski definition) is 2. The van der Waals surface area contributed by atoms with E-state index in [1.807, 2.05) is 24.3 Å². The van der Waals surface area contributed by atoms with E-state index in [4.69, 9.17) is 11.6 Å². The van der Waals surface area contributed by atoms with Crippen LogP contribution in [0.2, 0.25) is 5.02 Å². The van der Waals surface area contributed by atoms with Crippen molar-refractivity contribution in [3.8, 4) is 0 Å². The van der Waals surface area contributed by atoms with Crippen LogP contribution in [0.4, 0.5) is 0 Å². The quantitative estimate of drug-likeness (QED) is 0.731. The van der Waals surface area contributed by atoms with Gasteiger partial charge >= 0.3 is 0 Å². The summed E-state index contributed by atoms with van der Waals surface area (Å²) >= 11 is 5.78. The Kier molecular flexibility index (Phi) is 5.69. The molecule has 3 heteroatoms. The molecule has 0 radical (unpaired) electrons. The molecule has 0 saturated carbocycles. The van der Waals surface area contributed by atoms with E-state index in [1.54, 1.807) is 0 Å². The third kappa shape index (κ3) is 5.17. The first-order valence-corrected chi connectivity index (χ1v) is 5.73. The highest BCUT2D eigenvalue weighted by Crippen LogP contribution is 2.10. The van der Waals surface area contributed by atoms with Gasteiger partial charge in [0.1, 0.15) is 0 Å². The van der Waals surface area contributed by atoms with Gasteiger partial charge < -0.3 is 10.4 Å². The maximum atomic E-state index is 9.70. The van der Waals surface area contributed by atoms with E-state index < -0.39 is 0 Å². The first-order valence-electron chi connectivity index (χ1n) is 5.35. The van der Waals surface area contributed by atoms with E-state index in [-0.39, 0.29) is 6.10 Å². The lowest BCUT2D eigenvalue weighted by Gasteiger charge is -2.11. The molecular formula is C12H18ClNO. The third-order valence-corrected chi connectivity index (χ3v) is 2.44. The van der Waals surface area contributed by atoms with Crippen molar-refractivity contribution in [2.45, 2.75) is 25.9 Å². The third-order valence-electron chi connectivity index (χ3n) is 2.19. The first-order chi connectivity index (χ1) is 7.22. The molecule has 1 rings (SSSR count). The SMILES string of the molecule is CCCNCC(O)Cc1ccc(Cl)cc1. The van der Waals surface area contributed by atoms with Crippen LogP contribution in [-0.2, 0) is 6.42 Å². The normalized spacial score (nSPS) is 12.7. The molecule has 0 spiro atoms. The zero-order chi connectivity index (χ0) is 11.1. The van der Waals surface area contributed by atoms with Crippen molar-refractivity contribution in [1.82, 2.24) is 5.32 Å². The van der Waals surface area contributed by atoms with Crippen molar-refractivity contribution in [3.05, 3.63) is 34.9 Å². The molecule has 0 aliphatic rings. The predicted octanol–water partition coefficient (Wildman–Crippen LogP) is 2.24. The van der Waals surface area contributed by atoms with Crippen molar-refractivity contribution >= 4 is 11.6 Å². The van der Waals surface area contributed by atoms with Gasteiger partial charge in [0.05, 0.1) is 6.10 Å². The highest BCUT2D eigenvalue weighted by molar-refractivity contribution is 6.30.